The average molecular weight is 744 g/mol. The molecule has 0 spiro atoms. The molecular weight excluding hydrogens is 716 g/mol. The summed E-state index contributed by atoms with van der Waals surface area (Å²) in [4.78, 5) is 4.64. The van der Waals surface area contributed by atoms with Gasteiger partial charge in [0.1, 0.15) is 11.6 Å². The zero-order chi connectivity index (χ0) is 28.6. The normalized spacial score (nSPS) is 11.0. The van der Waals surface area contributed by atoms with Crippen LogP contribution < -0.4 is 9.47 Å². The molecular formula is C36H28N4O2Pt. The number of fused-ring (bicyclic) bond motifs is 3. The molecule has 0 saturated carbocycles. The van der Waals surface area contributed by atoms with Crippen molar-refractivity contribution in [3.63, 3.8) is 0 Å². The molecule has 214 valence electrons. The number of aryl methyl sites for hydroxylation is 2. The second-order valence-corrected chi connectivity index (χ2v) is 10.1. The number of nitrogens with zero attached hydrogens (tertiary/aromatic N) is 4. The van der Waals surface area contributed by atoms with Gasteiger partial charge in [0.05, 0.1) is 13.3 Å². The summed E-state index contributed by atoms with van der Waals surface area (Å²) in [7, 11) is 1.66. The largest absolute Gasteiger partial charge is 2.00 e. The van der Waals surface area contributed by atoms with Gasteiger partial charge >= 0.3 is 21.1 Å². The summed E-state index contributed by atoms with van der Waals surface area (Å²) in [5, 5.41) is 6.83. The van der Waals surface area contributed by atoms with Gasteiger partial charge in [-0.25, -0.2) is 4.98 Å². The smallest absolute Gasteiger partial charge is 0.509 e. The number of para-hydroxylation sites is 1. The van der Waals surface area contributed by atoms with Gasteiger partial charge in [-0.1, -0.05) is 48.8 Å². The van der Waals surface area contributed by atoms with Crippen LogP contribution in [0.25, 0.3) is 44.4 Å². The molecule has 0 radical (unpaired) electrons. The van der Waals surface area contributed by atoms with Crippen LogP contribution in [-0.2, 0) is 27.5 Å². The molecule has 3 heterocycles. The van der Waals surface area contributed by atoms with Crippen molar-refractivity contribution in [2.45, 2.75) is 20.3 Å². The Bertz CT molecular complexity index is 2080. The molecule has 7 heteroatoms. The van der Waals surface area contributed by atoms with Crippen LogP contribution in [0.2, 0.25) is 0 Å². The molecule has 0 amide bonds. The molecule has 0 bridgehead atoms. The zero-order valence-corrected chi connectivity index (χ0v) is 26.2. The van der Waals surface area contributed by atoms with Crippen LogP contribution in [0.1, 0.15) is 18.1 Å². The van der Waals surface area contributed by atoms with E-state index in [1.807, 2.05) is 59.4 Å². The van der Waals surface area contributed by atoms with E-state index in [1.54, 1.807) is 13.3 Å². The van der Waals surface area contributed by atoms with E-state index in [2.05, 4.69) is 83.2 Å². The SMILES string of the molecule is CCc1cccc(C)c1-c1cnn(-c2[c-]c(Oc3[c-]c4c(cc3)c3ccccc3n4-c3cc(OC)ccn3)ccc2)c1.[Pt+2]. The number of pyridine rings is 1. The van der Waals surface area contributed by atoms with Gasteiger partial charge < -0.3 is 14.0 Å². The summed E-state index contributed by atoms with van der Waals surface area (Å²) in [5.41, 5.74) is 7.56. The van der Waals surface area contributed by atoms with Gasteiger partial charge in [0.2, 0.25) is 0 Å². The van der Waals surface area contributed by atoms with Crippen molar-refractivity contribution < 1.29 is 30.5 Å². The van der Waals surface area contributed by atoms with Gasteiger partial charge in [0.15, 0.2) is 0 Å². The van der Waals surface area contributed by atoms with Gasteiger partial charge in [0, 0.05) is 41.0 Å². The van der Waals surface area contributed by atoms with Crippen LogP contribution >= 0.6 is 0 Å². The summed E-state index contributed by atoms with van der Waals surface area (Å²) in [6, 6.07) is 35.1. The number of rotatable bonds is 7. The first kappa shape index (κ1) is 28.4. The van der Waals surface area contributed by atoms with E-state index in [-0.39, 0.29) is 21.1 Å². The van der Waals surface area contributed by atoms with Gasteiger partial charge in [0.25, 0.3) is 0 Å². The minimum atomic E-state index is 0. The summed E-state index contributed by atoms with van der Waals surface area (Å²) < 4.78 is 15.7. The maximum absolute atomic E-state index is 6.32. The number of ether oxygens (including phenoxy) is 2. The van der Waals surface area contributed by atoms with Crippen molar-refractivity contribution in [1.29, 1.82) is 0 Å². The Morgan fingerprint density at radius 2 is 1.70 bits per heavy atom. The molecule has 0 aliphatic heterocycles. The van der Waals surface area contributed by atoms with Crippen LogP contribution in [0.5, 0.6) is 17.2 Å². The summed E-state index contributed by atoms with van der Waals surface area (Å²) >= 11 is 0. The fourth-order valence-electron chi connectivity index (χ4n) is 5.59. The van der Waals surface area contributed by atoms with Gasteiger partial charge in [-0.05, 0) is 53.2 Å². The third-order valence-electron chi connectivity index (χ3n) is 7.57. The van der Waals surface area contributed by atoms with Crippen molar-refractivity contribution in [2.24, 2.45) is 0 Å². The Kier molecular flexibility index (Phi) is 7.88. The first-order valence-corrected chi connectivity index (χ1v) is 13.9. The van der Waals surface area contributed by atoms with Gasteiger partial charge in [-0.15, -0.1) is 35.7 Å². The van der Waals surface area contributed by atoms with E-state index in [0.29, 0.717) is 11.5 Å². The zero-order valence-electron chi connectivity index (χ0n) is 23.9. The maximum atomic E-state index is 6.32. The Labute approximate surface area is 264 Å². The Balaban J connectivity index is 0.00000329. The summed E-state index contributed by atoms with van der Waals surface area (Å²) in [6.07, 6.45) is 6.68. The Morgan fingerprint density at radius 1 is 0.860 bits per heavy atom. The van der Waals surface area contributed by atoms with Gasteiger partial charge in [-0.3, -0.25) is 4.68 Å². The predicted octanol–water partition coefficient (Wildman–Crippen LogP) is 8.30. The second kappa shape index (κ2) is 11.9. The first-order valence-electron chi connectivity index (χ1n) is 13.9. The van der Waals surface area contributed by atoms with Crippen LogP contribution in [0, 0.1) is 19.1 Å². The van der Waals surface area contributed by atoms with Crippen molar-refractivity contribution in [1.82, 2.24) is 19.3 Å². The first-order chi connectivity index (χ1) is 20.6. The molecule has 0 aliphatic rings. The average Bonchev–Trinajstić information content (AvgIpc) is 3.64. The van der Waals surface area contributed by atoms with Crippen molar-refractivity contribution in [3.8, 4) is 39.9 Å². The predicted molar refractivity (Wildman–Crippen MR) is 166 cm³/mol. The molecule has 7 aromatic rings. The summed E-state index contributed by atoms with van der Waals surface area (Å²) in [5.74, 6) is 2.64. The number of hydrogen-bond acceptors (Lipinski definition) is 4. The molecule has 0 aliphatic carbocycles. The number of hydrogen-bond donors (Lipinski definition) is 0. The van der Waals surface area contributed by atoms with E-state index >= 15 is 0 Å². The second-order valence-electron chi connectivity index (χ2n) is 10.1. The van der Waals surface area contributed by atoms with Crippen LogP contribution in [-0.4, -0.2) is 26.4 Å². The maximum Gasteiger partial charge on any atom is 2.00 e. The van der Waals surface area contributed by atoms with Crippen molar-refractivity contribution >= 4 is 21.8 Å². The van der Waals surface area contributed by atoms with E-state index in [0.717, 1.165) is 51.0 Å². The Hall–Kier alpha value is -4.67. The molecule has 3 aromatic heterocycles. The van der Waals surface area contributed by atoms with Crippen LogP contribution in [0.15, 0.2) is 104 Å². The van der Waals surface area contributed by atoms with Crippen molar-refractivity contribution in [2.75, 3.05) is 7.11 Å². The topological polar surface area (TPSA) is 54.1 Å². The molecule has 0 atom stereocenters. The standard InChI is InChI=1S/C36H28N4O2.Pt/c1-4-25-10-7-9-24(2)36(25)26-22-38-39(23-26)27-11-8-12-29(19-27)42-30-15-16-32-31-13-5-6-14-33(31)40(34(32)20-30)35-21-28(41-3)17-18-37-35;/h5-18,21-23H,4H2,1-3H3;/q-2;+2. The monoisotopic (exact) mass is 743 g/mol. The van der Waals surface area contributed by atoms with E-state index in [1.165, 1.54) is 16.7 Å². The van der Waals surface area contributed by atoms with Gasteiger partial charge in [-0.2, -0.15) is 17.2 Å². The molecule has 4 aromatic carbocycles. The fraction of sp³-hybridized carbons (Fsp3) is 0.111. The summed E-state index contributed by atoms with van der Waals surface area (Å²) in [6.45, 7) is 4.32. The van der Waals surface area contributed by atoms with Crippen molar-refractivity contribution in [3.05, 3.63) is 127 Å². The molecule has 0 N–H and O–H groups in total. The minimum absolute atomic E-state index is 0. The third-order valence-corrected chi connectivity index (χ3v) is 7.57. The molecule has 43 heavy (non-hydrogen) atoms. The van der Waals surface area contributed by atoms with Crippen LogP contribution in [0.4, 0.5) is 0 Å². The van der Waals surface area contributed by atoms with E-state index < -0.39 is 0 Å². The molecule has 0 unspecified atom stereocenters. The Morgan fingerprint density at radius 3 is 2.56 bits per heavy atom. The third kappa shape index (κ3) is 5.24. The quantitative estimate of drug-likeness (QED) is 0.154. The molecule has 0 fully saturated rings. The molecule has 6 nitrogen and oxygen atoms in total. The fourth-order valence-corrected chi connectivity index (χ4v) is 5.59. The molecule has 7 rings (SSSR count). The van der Waals surface area contributed by atoms with Crippen LogP contribution in [0.3, 0.4) is 0 Å². The number of benzene rings is 4. The molecule has 0 saturated heterocycles. The minimum Gasteiger partial charge on any atom is -0.509 e. The number of aromatic nitrogens is 4. The number of methoxy groups -OCH3 is 1. The van der Waals surface area contributed by atoms with E-state index in [4.69, 9.17) is 9.47 Å². The van der Waals surface area contributed by atoms with E-state index in [9.17, 15) is 0 Å².